The van der Waals surface area contributed by atoms with E-state index in [9.17, 15) is 0 Å². The molecule has 9 rings (SSSR count). The molecule has 0 bridgehead atoms. The topological polar surface area (TPSA) is 34.0 Å². The van der Waals surface area contributed by atoms with Gasteiger partial charge >= 0.3 is 0 Å². The molecule has 1 aliphatic carbocycles. The van der Waals surface area contributed by atoms with Gasteiger partial charge in [-0.05, 0) is 94.0 Å². The molecule has 0 aliphatic heterocycles. The van der Waals surface area contributed by atoms with Crippen molar-refractivity contribution in [3.05, 3.63) is 181 Å². The Morgan fingerprint density at radius 1 is 0.510 bits per heavy atom. The van der Waals surface area contributed by atoms with Crippen molar-refractivity contribution < 1.29 is 0 Å². The summed E-state index contributed by atoms with van der Waals surface area (Å²) < 4.78 is 2.00. The molecule has 0 saturated heterocycles. The minimum Gasteiger partial charge on any atom is -0.310 e. The summed E-state index contributed by atoms with van der Waals surface area (Å²) in [5, 5.41) is 6.22. The third kappa shape index (κ3) is 4.84. The zero-order chi connectivity index (χ0) is 33.0. The van der Waals surface area contributed by atoms with Gasteiger partial charge in [-0.2, -0.15) is 5.10 Å². The van der Waals surface area contributed by atoms with E-state index in [-0.39, 0.29) is 5.41 Å². The summed E-state index contributed by atoms with van der Waals surface area (Å²) >= 11 is 0. The summed E-state index contributed by atoms with van der Waals surface area (Å²) in [6.07, 6.45) is 3.61. The number of pyridine rings is 1. The maximum absolute atomic E-state index is 5.10. The second-order valence-corrected chi connectivity index (χ2v) is 13.2. The molecule has 0 atom stereocenters. The van der Waals surface area contributed by atoms with E-state index in [0.29, 0.717) is 0 Å². The molecule has 4 heteroatoms. The molecule has 0 fully saturated rings. The fraction of sp³-hybridized carbons (Fsp3) is 0.0667. The zero-order valence-corrected chi connectivity index (χ0v) is 27.5. The number of benzene rings is 6. The first-order chi connectivity index (χ1) is 24.1. The van der Waals surface area contributed by atoms with Crippen molar-refractivity contribution in [3.63, 3.8) is 0 Å². The number of rotatable bonds is 6. The molecular formula is C45H34N4. The van der Waals surface area contributed by atoms with Gasteiger partial charge in [0.2, 0.25) is 0 Å². The van der Waals surface area contributed by atoms with Crippen LogP contribution in [-0.4, -0.2) is 14.8 Å². The number of para-hydroxylation sites is 2. The lowest BCUT2D eigenvalue weighted by molar-refractivity contribution is 0.660. The van der Waals surface area contributed by atoms with Crippen LogP contribution in [-0.2, 0) is 5.41 Å². The molecule has 0 amide bonds. The third-order valence-corrected chi connectivity index (χ3v) is 9.93. The summed E-state index contributed by atoms with van der Waals surface area (Å²) in [4.78, 5) is 6.55. The molecule has 2 aromatic heterocycles. The number of anilines is 3. The normalized spacial score (nSPS) is 12.9. The van der Waals surface area contributed by atoms with E-state index in [1.165, 1.54) is 22.3 Å². The Balaban J connectivity index is 1.10. The third-order valence-electron chi connectivity index (χ3n) is 9.93. The Kier molecular flexibility index (Phi) is 6.77. The van der Waals surface area contributed by atoms with Crippen LogP contribution in [0.5, 0.6) is 0 Å². The smallest absolute Gasteiger partial charge is 0.101 e. The SMILES string of the molecule is CC1(C)c2ccccc2-c2cc(N(c3ccccc3)c3ccc(-c4cccc(-c5nn(-c6ccncc6)c6ccccc56)c4)cc3)ccc21. The van der Waals surface area contributed by atoms with Gasteiger partial charge in [-0.1, -0.05) is 111 Å². The highest BCUT2D eigenvalue weighted by Gasteiger charge is 2.35. The molecule has 234 valence electrons. The van der Waals surface area contributed by atoms with Gasteiger partial charge in [0.1, 0.15) is 5.69 Å². The first-order valence-electron chi connectivity index (χ1n) is 16.7. The molecule has 0 saturated carbocycles. The Morgan fingerprint density at radius 2 is 1.18 bits per heavy atom. The van der Waals surface area contributed by atoms with Crippen molar-refractivity contribution >= 4 is 28.0 Å². The summed E-state index contributed by atoms with van der Waals surface area (Å²) in [6.45, 7) is 4.66. The first-order valence-corrected chi connectivity index (χ1v) is 16.7. The molecule has 2 heterocycles. The van der Waals surface area contributed by atoms with Gasteiger partial charge in [-0.3, -0.25) is 4.98 Å². The lowest BCUT2D eigenvalue weighted by Gasteiger charge is -2.27. The molecule has 4 nitrogen and oxygen atoms in total. The summed E-state index contributed by atoms with van der Waals surface area (Å²) in [7, 11) is 0. The van der Waals surface area contributed by atoms with Crippen LogP contribution >= 0.6 is 0 Å². The lowest BCUT2D eigenvalue weighted by Crippen LogP contribution is -2.15. The van der Waals surface area contributed by atoms with E-state index in [0.717, 1.165) is 56.0 Å². The van der Waals surface area contributed by atoms with E-state index in [1.807, 2.05) is 16.8 Å². The van der Waals surface area contributed by atoms with Crippen LogP contribution in [0.25, 0.3) is 50.1 Å². The van der Waals surface area contributed by atoms with E-state index in [1.54, 1.807) is 12.4 Å². The van der Waals surface area contributed by atoms with Gasteiger partial charge < -0.3 is 4.90 Å². The molecule has 49 heavy (non-hydrogen) atoms. The molecule has 0 radical (unpaired) electrons. The number of fused-ring (bicyclic) bond motifs is 4. The van der Waals surface area contributed by atoms with Crippen LogP contribution in [0.4, 0.5) is 17.1 Å². The molecule has 8 aromatic rings. The van der Waals surface area contributed by atoms with Crippen molar-refractivity contribution in [3.8, 4) is 39.2 Å². The molecule has 0 spiro atoms. The number of hydrogen-bond acceptors (Lipinski definition) is 3. The summed E-state index contributed by atoms with van der Waals surface area (Å²) in [5.74, 6) is 0. The standard InChI is InChI=1S/C45H34N4/c1-45(2)41-17-8-6-15-38(41)40-30-37(23-24-42(40)45)48(34-13-4-3-5-14-34)35-21-19-31(20-22-35)32-11-10-12-33(29-32)44-39-16-7-9-18-43(39)49(47-44)36-25-27-46-28-26-36/h3-30H,1-2H3. The van der Waals surface area contributed by atoms with E-state index >= 15 is 0 Å². The Labute approximate surface area is 286 Å². The van der Waals surface area contributed by atoms with E-state index in [4.69, 9.17) is 5.10 Å². The van der Waals surface area contributed by atoms with Gasteiger partial charge in [0.05, 0.1) is 11.2 Å². The van der Waals surface area contributed by atoms with Crippen molar-refractivity contribution in [1.29, 1.82) is 0 Å². The van der Waals surface area contributed by atoms with Gasteiger partial charge in [0, 0.05) is 45.8 Å². The van der Waals surface area contributed by atoms with E-state index in [2.05, 4.69) is 169 Å². The van der Waals surface area contributed by atoms with Crippen molar-refractivity contribution in [1.82, 2.24) is 14.8 Å². The second kappa shape index (κ2) is 11.5. The highest BCUT2D eigenvalue weighted by molar-refractivity contribution is 5.95. The van der Waals surface area contributed by atoms with Crippen molar-refractivity contribution in [2.75, 3.05) is 4.90 Å². The maximum atomic E-state index is 5.10. The monoisotopic (exact) mass is 630 g/mol. The zero-order valence-electron chi connectivity index (χ0n) is 27.5. The van der Waals surface area contributed by atoms with Gasteiger partial charge in [-0.15, -0.1) is 0 Å². The minimum absolute atomic E-state index is 0.0261. The molecule has 1 aliphatic rings. The highest BCUT2D eigenvalue weighted by atomic mass is 15.3. The van der Waals surface area contributed by atoms with Crippen LogP contribution in [0.3, 0.4) is 0 Å². The fourth-order valence-electron chi connectivity index (χ4n) is 7.48. The number of hydrogen-bond donors (Lipinski definition) is 0. The van der Waals surface area contributed by atoms with E-state index < -0.39 is 0 Å². The molecular weight excluding hydrogens is 597 g/mol. The van der Waals surface area contributed by atoms with Crippen molar-refractivity contribution in [2.45, 2.75) is 19.3 Å². The average molecular weight is 631 g/mol. The quantitative estimate of drug-likeness (QED) is 0.183. The number of aromatic nitrogens is 3. The Hall–Kier alpha value is -6.26. The summed E-state index contributed by atoms with van der Waals surface area (Å²) in [6, 6.07) is 56.4. The largest absolute Gasteiger partial charge is 0.310 e. The van der Waals surface area contributed by atoms with Crippen LogP contribution in [0, 0.1) is 0 Å². The average Bonchev–Trinajstić information content (AvgIpc) is 3.66. The van der Waals surface area contributed by atoms with Gasteiger partial charge in [-0.25, -0.2) is 4.68 Å². The van der Waals surface area contributed by atoms with Crippen molar-refractivity contribution in [2.24, 2.45) is 0 Å². The van der Waals surface area contributed by atoms with Gasteiger partial charge in [0.15, 0.2) is 0 Å². The van der Waals surface area contributed by atoms with Crippen LogP contribution < -0.4 is 4.90 Å². The predicted molar refractivity (Wildman–Crippen MR) is 202 cm³/mol. The maximum Gasteiger partial charge on any atom is 0.101 e. The predicted octanol–water partition coefficient (Wildman–Crippen LogP) is 11.5. The van der Waals surface area contributed by atoms with Crippen LogP contribution in [0.2, 0.25) is 0 Å². The fourth-order valence-corrected chi connectivity index (χ4v) is 7.48. The van der Waals surface area contributed by atoms with Crippen LogP contribution in [0.15, 0.2) is 170 Å². The van der Waals surface area contributed by atoms with Crippen LogP contribution in [0.1, 0.15) is 25.0 Å². The minimum atomic E-state index is -0.0261. The molecule has 0 N–H and O–H groups in total. The first kappa shape index (κ1) is 28.9. The Morgan fingerprint density at radius 3 is 2.02 bits per heavy atom. The number of nitrogens with zero attached hydrogens (tertiary/aromatic N) is 4. The molecule has 0 unspecified atom stereocenters. The van der Waals surface area contributed by atoms with Gasteiger partial charge in [0.25, 0.3) is 0 Å². The second-order valence-electron chi connectivity index (χ2n) is 13.2. The Bertz CT molecular complexity index is 2460. The highest BCUT2D eigenvalue weighted by Crippen LogP contribution is 2.50. The molecule has 6 aromatic carbocycles. The summed E-state index contributed by atoms with van der Waals surface area (Å²) in [5.41, 5.74) is 15.1. The lowest BCUT2D eigenvalue weighted by atomic mass is 9.82.